The zero-order valence-electron chi connectivity index (χ0n) is 16.4. The molecule has 7 heteroatoms. The molecule has 1 saturated heterocycles. The Balaban J connectivity index is 1.82. The molecular weight excluding hydrogens is 372 g/mol. The van der Waals surface area contributed by atoms with Crippen LogP contribution in [0.25, 0.3) is 5.57 Å². The molecule has 7 nitrogen and oxygen atoms in total. The maximum absolute atomic E-state index is 13.4. The first kappa shape index (κ1) is 19.0. The van der Waals surface area contributed by atoms with E-state index in [1.54, 1.807) is 56.7 Å². The second-order valence-electron chi connectivity index (χ2n) is 6.75. The number of ether oxygens (including phenoxy) is 3. The fourth-order valence-electron chi connectivity index (χ4n) is 3.49. The Morgan fingerprint density at radius 3 is 2.17 bits per heavy atom. The number of benzene rings is 2. The van der Waals surface area contributed by atoms with Crippen LogP contribution < -0.4 is 14.4 Å². The van der Waals surface area contributed by atoms with Crippen molar-refractivity contribution in [2.75, 3.05) is 45.4 Å². The third-order valence-electron chi connectivity index (χ3n) is 5.07. The minimum atomic E-state index is -0.381. The van der Waals surface area contributed by atoms with Gasteiger partial charge in [0.2, 0.25) is 0 Å². The van der Waals surface area contributed by atoms with Crippen LogP contribution in [-0.4, -0.2) is 57.2 Å². The summed E-state index contributed by atoms with van der Waals surface area (Å²) in [6, 6.07) is 12.0. The second kappa shape index (κ2) is 7.97. The van der Waals surface area contributed by atoms with Gasteiger partial charge < -0.3 is 19.1 Å². The number of fused-ring (bicyclic) bond motifs is 1. The Labute approximate surface area is 169 Å². The summed E-state index contributed by atoms with van der Waals surface area (Å²) in [6.45, 7) is 2.60. The number of carbonyl (C=O) groups excluding carboxylic acids is 2. The van der Waals surface area contributed by atoms with Gasteiger partial charge in [0.25, 0.3) is 11.8 Å². The van der Waals surface area contributed by atoms with Gasteiger partial charge in [-0.25, -0.2) is 4.90 Å². The van der Waals surface area contributed by atoms with E-state index >= 15 is 0 Å². The van der Waals surface area contributed by atoms with Crippen molar-refractivity contribution in [3.8, 4) is 11.5 Å². The molecule has 4 rings (SSSR count). The number of methoxy groups -OCH3 is 2. The molecule has 2 aliphatic heterocycles. The van der Waals surface area contributed by atoms with Crippen molar-refractivity contribution in [2.45, 2.75) is 0 Å². The second-order valence-corrected chi connectivity index (χ2v) is 6.75. The highest BCUT2D eigenvalue weighted by atomic mass is 16.5. The Morgan fingerprint density at radius 1 is 0.862 bits per heavy atom. The normalized spacial score (nSPS) is 18.1. The van der Waals surface area contributed by atoms with E-state index in [1.807, 2.05) is 11.1 Å². The van der Waals surface area contributed by atoms with E-state index in [0.29, 0.717) is 60.2 Å². The predicted octanol–water partition coefficient (Wildman–Crippen LogP) is 2.56. The predicted molar refractivity (Wildman–Crippen MR) is 108 cm³/mol. The third-order valence-corrected chi connectivity index (χ3v) is 5.07. The van der Waals surface area contributed by atoms with Gasteiger partial charge in [0.15, 0.2) is 0 Å². The standard InChI is InChI=1S/C22H22N2O5/c1-27-16-5-3-15(4-6-16)24-21(25)19-13-17(28-2)7-8-18(19)20(22(24)26)14-23-9-11-29-12-10-23/h3-8,13-14H,9-12H2,1-2H3/b20-14-. The molecule has 0 bridgehead atoms. The summed E-state index contributed by atoms with van der Waals surface area (Å²) in [5.41, 5.74) is 2.00. The van der Waals surface area contributed by atoms with Gasteiger partial charge >= 0.3 is 0 Å². The van der Waals surface area contributed by atoms with Crippen molar-refractivity contribution >= 4 is 23.1 Å². The molecule has 0 saturated carbocycles. The van der Waals surface area contributed by atoms with E-state index in [9.17, 15) is 9.59 Å². The molecule has 0 radical (unpaired) electrons. The molecule has 0 atom stereocenters. The Hall–Kier alpha value is -3.32. The molecule has 2 amide bonds. The molecule has 0 spiro atoms. The SMILES string of the molecule is COc1ccc(N2C(=O)/C(=C\N3CCOCC3)c3ccc(OC)cc3C2=O)cc1. The zero-order chi connectivity index (χ0) is 20.4. The van der Waals surface area contributed by atoms with E-state index in [0.717, 1.165) is 0 Å². The lowest BCUT2D eigenvalue weighted by Crippen LogP contribution is -2.43. The molecule has 0 N–H and O–H groups in total. The number of hydrogen-bond donors (Lipinski definition) is 0. The molecule has 0 aliphatic carbocycles. The average molecular weight is 394 g/mol. The molecule has 150 valence electrons. The number of carbonyl (C=O) groups is 2. The van der Waals surface area contributed by atoms with Gasteiger partial charge in [-0.05, 0) is 42.5 Å². The summed E-state index contributed by atoms with van der Waals surface area (Å²) in [5, 5.41) is 0. The van der Waals surface area contributed by atoms with E-state index in [2.05, 4.69) is 0 Å². The minimum Gasteiger partial charge on any atom is -0.497 e. The summed E-state index contributed by atoms with van der Waals surface area (Å²) in [7, 11) is 3.11. The summed E-state index contributed by atoms with van der Waals surface area (Å²) >= 11 is 0. The highest BCUT2D eigenvalue weighted by Crippen LogP contribution is 2.35. The number of rotatable bonds is 4. The molecule has 2 heterocycles. The average Bonchev–Trinajstić information content (AvgIpc) is 2.77. The van der Waals surface area contributed by atoms with E-state index in [1.165, 1.54) is 4.90 Å². The lowest BCUT2D eigenvalue weighted by atomic mass is 9.93. The summed E-state index contributed by atoms with van der Waals surface area (Å²) in [5.74, 6) is 0.473. The van der Waals surface area contributed by atoms with Gasteiger partial charge in [-0.15, -0.1) is 0 Å². The fraction of sp³-hybridized carbons (Fsp3) is 0.273. The monoisotopic (exact) mass is 394 g/mol. The summed E-state index contributed by atoms with van der Waals surface area (Å²) < 4.78 is 15.9. The van der Waals surface area contributed by atoms with Gasteiger partial charge in [0, 0.05) is 24.9 Å². The number of imide groups is 1. The lowest BCUT2D eigenvalue weighted by molar-refractivity contribution is -0.112. The van der Waals surface area contributed by atoms with Crippen molar-refractivity contribution in [3.63, 3.8) is 0 Å². The van der Waals surface area contributed by atoms with Crippen LogP contribution in [0.1, 0.15) is 15.9 Å². The first-order chi connectivity index (χ1) is 14.1. The molecule has 2 aromatic carbocycles. The number of nitrogens with zero attached hydrogens (tertiary/aromatic N) is 2. The van der Waals surface area contributed by atoms with E-state index in [4.69, 9.17) is 14.2 Å². The van der Waals surface area contributed by atoms with Crippen molar-refractivity contribution in [1.82, 2.24) is 4.90 Å². The van der Waals surface area contributed by atoms with Crippen LogP contribution in [-0.2, 0) is 9.53 Å². The van der Waals surface area contributed by atoms with E-state index < -0.39 is 0 Å². The topological polar surface area (TPSA) is 68.3 Å². The lowest BCUT2D eigenvalue weighted by Gasteiger charge is -2.31. The van der Waals surface area contributed by atoms with Gasteiger partial charge in [-0.3, -0.25) is 9.59 Å². The summed E-state index contributed by atoms with van der Waals surface area (Å²) in [6.07, 6.45) is 1.83. The van der Waals surface area contributed by atoms with Crippen LogP contribution in [0.15, 0.2) is 48.7 Å². The maximum atomic E-state index is 13.4. The maximum Gasteiger partial charge on any atom is 0.267 e. The Morgan fingerprint density at radius 2 is 1.52 bits per heavy atom. The fourth-order valence-corrected chi connectivity index (χ4v) is 3.49. The minimum absolute atomic E-state index is 0.357. The van der Waals surface area contributed by atoms with Gasteiger partial charge in [-0.2, -0.15) is 0 Å². The van der Waals surface area contributed by atoms with Crippen molar-refractivity contribution < 1.29 is 23.8 Å². The van der Waals surface area contributed by atoms with Crippen LogP contribution in [0.3, 0.4) is 0 Å². The van der Waals surface area contributed by atoms with Crippen LogP contribution in [0.2, 0.25) is 0 Å². The number of anilines is 1. The van der Waals surface area contributed by atoms with Crippen LogP contribution in [0, 0.1) is 0 Å². The largest absolute Gasteiger partial charge is 0.497 e. The molecule has 0 aromatic heterocycles. The number of hydrogen-bond acceptors (Lipinski definition) is 6. The smallest absolute Gasteiger partial charge is 0.267 e. The third kappa shape index (κ3) is 3.56. The highest BCUT2D eigenvalue weighted by Gasteiger charge is 2.36. The van der Waals surface area contributed by atoms with Crippen LogP contribution in [0.5, 0.6) is 11.5 Å². The quantitative estimate of drug-likeness (QED) is 0.587. The van der Waals surface area contributed by atoms with Crippen molar-refractivity contribution in [2.24, 2.45) is 0 Å². The Bertz CT molecular complexity index is 962. The molecule has 0 unspecified atom stereocenters. The van der Waals surface area contributed by atoms with E-state index in [-0.39, 0.29) is 11.8 Å². The molecule has 1 fully saturated rings. The molecule has 2 aromatic rings. The molecule has 2 aliphatic rings. The molecule has 29 heavy (non-hydrogen) atoms. The summed E-state index contributed by atoms with van der Waals surface area (Å²) in [4.78, 5) is 29.9. The molecular formula is C22H22N2O5. The van der Waals surface area contributed by atoms with Gasteiger partial charge in [0.05, 0.1) is 44.3 Å². The van der Waals surface area contributed by atoms with Gasteiger partial charge in [0.1, 0.15) is 11.5 Å². The van der Waals surface area contributed by atoms with Crippen LogP contribution >= 0.6 is 0 Å². The Kier molecular flexibility index (Phi) is 5.22. The van der Waals surface area contributed by atoms with Crippen LogP contribution in [0.4, 0.5) is 5.69 Å². The highest BCUT2D eigenvalue weighted by molar-refractivity contribution is 6.41. The zero-order valence-corrected chi connectivity index (χ0v) is 16.4. The van der Waals surface area contributed by atoms with Gasteiger partial charge in [-0.1, -0.05) is 0 Å². The van der Waals surface area contributed by atoms with Crippen molar-refractivity contribution in [3.05, 3.63) is 59.8 Å². The first-order valence-electron chi connectivity index (χ1n) is 9.37. The first-order valence-corrected chi connectivity index (χ1v) is 9.37. The number of amides is 2. The number of morpholine rings is 1. The van der Waals surface area contributed by atoms with Crippen molar-refractivity contribution in [1.29, 1.82) is 0 Å².